The van der Waals surface area contributed by atoms with Crippen molar-refractivity contribution in [2.45, 2.75) is 32.7 Å². The molecule has 0 atom stereocenters. The highest BCUT2D eigenvalue weighted by Gasteiger charge is 2.21. The number of aromatic nitrogens is 2. The minimum absolute atomic E-state index is 0.0671. The number of amides is 1. The zero-order valence-corrected chi connectivity index (χ0v) is 13.5. The molecule has 0 spiro atoms. The van der Waals surface area contributed by atoms with E-state index >= 15 is 0 Å². The highest BCUT2D eigenvalue weighted by atomic mass is 16.2. The summed E-state index contributed by atoms with van der Waals surface area (Å²) >= 11 is 0. The van der Waals surface area contributed by atoms with Gasteiger partial charge in [0.25, 0.3) is 5.91 Å². The molecule has 2 aromatic rings. The third-order valence-electron chi connectivity index (χ3n) is 4.06. The van der Waals surface area contributed by atoms with Crippen molar-refractivity contribution in [3.63, 3.8) is 0 Å². The molecule has 2 aromatic heterocycles. The summed E-state index contributed by atoms with van der Waals surface area (Å²) in [6.07, 6.45) is 5.09. The molecule has 0 unspecified atom stereocenters. The molecule has 3 heterocycles. The fourth-order valence-corrected chi connectivity index (χ4v) is 2.86. The Labute approximate surface area is 136 Å². The van der Waals surface area contributed by atoms with Crippen LogP contribution in [0.2, 0.25) is 0 Å². The first-order valence-corrected chi connectivity index (χ1v) is 8.15. The van der Waals surface area contributed by atoms with Crippen molar-refractivity contribution in [2.75, 3.05) is 18.4 Å². The molecule has 1 N–H and O–H groups in total. The van der Waals surface area contributed by atoms with E-state index in [0.29, 0.717) is 17.9 Å². The first kappa shape index (κ1) is 15.5. The van der Waals surface area contributed by atoms with Gasteiger partial charge in [-0.15, -0.1) is 0 Å². The van der Waals surface area contributed by atoms with Gasteiger partial charge in [0.15, 0.2) is 0 Å². The van der Waals surface area contributed by atoms with Crippen LogP contribution in [0.1, 0.15) is 41.0 Å². The number of anilines is 1. The lowest BCUT2D eigenvalue weighted by Crippen LogP contribution is -2.36. The predicted octanol–water partition coefficient (Wildman–Crippen LogP) is 3.02. The summed E-state index contributed by atoms with van der Waals surface area (Å²) in [5, 5.41) is 3.26. The molecule has 1 aliphatic rings. The average molecular weight is 310 g/mol. The molecular weight excluding hydrogens is 288 g/mol. The summed E-state index contributed by atoms with van der Waals surface area (Å²) < 4.78 is 0. The highest BCUT2D eigenvalue weighted by molar-refractivity contribution is 5.98. The number of carbonyl (C=O) groups is 1. The Hall–Kier alpha value is -2.43. The number of carbonyl (C=O) groups excluding carboxylic acids is 1. The van der Waals surface area contributed by atoms with Gasteiger partial charge in [-0.1, -0.05) is 6.07 Å². The van der Waals surface area contributed by atoms with Gasteiger partial charge in [-0.2, -0.15) is 0 Å². The molecule has 3 rings (SSSR count). The fraction of sp³-hybridized carbons (Fsp3) is 0.389. The molecule has 1 fully saturated rings. The van der Waals surface area contributed by atoms with E-state index in [1.54, 1.807) is 6.20 Å². The molecular formula is C18H22N4O. The molecule has 0 saturated carbocycles. The minimum Gasteiger partial charge on any atom is -0.364 e. The molecule has 0 bridgehead atoms. The van der Waals surface area contributed by atoms with Crippen LogP contribution in [0.15, 0.2) is 36.5 Å². The van der Waals surface area contributed by atoms with Crippen LogP contribution >= 0.6 is 0 Å². The van der Waals surface area contributed by atoms with Crippen molar-refractivity contribution in [1.82, 2.24) is 14.9 Å². The van der Waals surface area contributed by atoms with Crippen LogP contribution in [-0.2, 0) is 6.54 Å². The Morgan fingerprint density at radius 2 is 2.00 bits per heavy atom. The molecule has 5 nitrogen and oxygen atoms in total. The lowest BCUT2D eigenvalue weighted by atomic mass is 10.1. The molecule has 0 aliphatic carbocycles. The van der Waals surface area contributed by atoms with Crippen LogP contribution in [0, 0.1) is 6.92 Å². The van der Waals surface area contributed by atoms with Gasteiger partial charge in [-0.05, 0) is 50.5 Å². The number of rotatable bonds is 4. The van der Waals surface area contributed by atoms with Crippen LogP contribution < -0.4 is 5.32 Å². The van der Waals surface area contributed by atoms with Gasteiger partial charge in [0, 0.05) is 25.0 Å². The number of nitrogens with one attached hydrogen (secondary N) is 1. The van der Waals surface area contributed by atoms with Gasteiger partial charge >= 0.3 is 0 Å². The van der Waals surface area contributed by atoms with Crippen LogP contribution in [0.3, 0.4) is 0 Å². The Balaban J connectivity index is 1.73. The van der Waals surface area contributed by atoms with Crippen LogP contribution in [0.5, 0.6) is 0 Å². The second-order valence-corrected chi connectivity index (χ2v) is 5.88. The number of likely N-dealkylation sites (tertiary alicyclic amines) is 1. The number of pyridine rings is 2. The average Bonchev–Trinajstić information content (AvgIpc) is 2.60. The van der Waals surface area contributed by atoms with Crippen molar-refractivity contribution in [3.05, 3.63) is 53.5 Å². The number of hydrogen-bond donors (Lipinski definition) is 1. The van der Waals surface area contributed by atoms with E-state index in [1.807, 2.05) is 42.2 Å². The largest absolute Gasteiger partial charge is 0.364 e. The number of aryl methyl sites for hydroxylation is 1. The highest BCUT2D eigenvalue weighted by Crippen LogP contribution is 2.18. The van der Waals surface area contributed by atoms with Crippen LogP contribution in [-0.4, -0.2) is 33.9 Å². The smallest absolute Gasteiger partial charge is 0.257 e. The van der Waals surface area contributed by atoms with Gasteiger partial charge in [-0.3, -0.25) is 9.78 Å². The quantitative estimate of drug-likeness (QED) is 0.943. The summed E-state index contributed by atoms with van der Waals surface area (Å²) in [5.41, 5.74) is 2.56. The zero-order valence-electron chi connectivity index (χ0n) is 13.5. The van der Waals surface area contributed by atoms with E-state index in [9.17, 15) is 4.79 Å². The Morgan fingerprint density at radius 3 is 2.78 bits per heavy atom. The second kappa shape index (κ2) is 7.22. The van der Waals surface area contributed by atoms with E-state index in [-0.39, 0.29) is 5.91 Å². The number of piperidine rings is 1. The molecule has 0 aromatic carbocycles. The third kappa shape index (κ3) is 3.86. The normalized spacial score (nSPS) is 14.6. The molecule has 1 amide bonds. The first-order chi connectivity index (χ1) is 11.2. The predicted molar refractivity (Wildman–Crippen MR) is 90.3 cm³/mol. The topological polar surface area (TPSA) is 58.1 Å². The maximum Gasteiger partial charge on any atom is 0.257 e. The lowest BCUT2D eigenvalue weighted by Gasteiger charge is -2.27. The maximum absolute atomic E-state index is 12.7. The third-order valence-corrected chi connectivity index (χ3v) is 4.06. The Kier molecular flexibility index (Phi) is 4.86. The molecule has 1 saturated heterocycles. The SMILES string of the molecule is Cc1cccc(CNc2ncccc2C(=O)N2CCCCC2)n1. The number of hydrogen-bond acceptors (Lipinski definition) is 4. The van der Waals surface area contributed by atoms with Crippen molar-refractivity contribution in [1.29, 1.82) is 0 Å². The van der Waals surface area contributed by atoms with Crippen LogP contribution in [0.4, 0.5) is 5.82 Å². The van der Waals surface area contributed by atoms with Crippen molar-refractivity contribution < 1.29 is 4.79 Å². The lowest BCUT2D eigenvalue weighted by molar-refractivity contribution is 0.0725. The summed E-state index contributed by atoms with van der Waals surface area (Å²) in [6.45, 7) is 4.20. The van der Waals surface area contributed by atoms with Gasteiger partial charge in [0.1, 0.15) is 5.82 Å². The van der Waals surface area contributed by atoms with E-state index in [4.69, 9.17) is 0 Å². The summed E-state index contributed by atoms with van der Waals surface area (Å²) in [6, 6.07) is 9.57. The maximum atomic E-state index is 12.7. The second-order valence-electron chi connectivity index (χ2n) is 5.88. The molecule has 0 radical (unpaired) electrons. The van der Waals surface area contributed by atoms with Crippen molar-refractivity contribution in [2.24, 2.45) is 0 Å². The molecule has 5 heteroatoms. The number of nitrogens with zero attached hydrogens (tertiary/aromatic N) is 3. The standard InChI is InChI=1S/C18H22N4O/c1-14-7-5-8-15(21-14)13-20-17-16(9-6-10-19-17)18(23)22-11-3-2-4-12-22/h5-10H,2-4,11-13H2,1H3,(H,19,20). The zero-order chi connectivity index (χ0) is 16.1. The van der Waals surface area contributed by atoms with Gasteiger partial charge < -0.3 is 10.2 Å². The summed E-state index contributed by atoms with van der Waals surface area (Å²) in [7, 11) is 0. The van der Waals surface area contributed by atoms with Gasteiger partial charge in [0.2, 0.25) is 0 Å². The van der Waals surface area contributed by atoms with Gasteiger partial charge in [-0.25, -0.2) is 4.98 Å². The Bertz CT molecular complexity index is 680. The molecule has 1 aliphatic heterocycles. The van der Waals surface area contributed by atoms with Crippen molar-refractivity contribution in [3.8, 4) is 0 Å². The van der Waals surface area contributed by atoms with Gasteiger partial charge in [0.05, 0.1) is 17.8 Å². The molecule has 120 valence electrons. The monoisotopic (exact) mass is 310 g/mol. The Morgan fingerprint density at radius 1 is 1.17 bits per heavy atom. The molecule has 23 heavy (non-hydrogen) atoms. The summed E-state index contributed by atoms with van der Waals surface area (Å²) in [5.74, 6) is 0.698. The van der Waals surface area contributed by atoms with Crippen molar-refractivity contribution >= 4 is 11.7 Å². The summed E-state index contributed by atoms with van der Waals surface area (Å²) in [4.78, 5) is 23.5. The van der Waals surface area contributed by atoms with Crippen LogP contribution in [0.25, 0.3) is 0 Å². The van der Waals surface area contributed by atoms with E-state index in [0.717, 1.165) is 37.3 Å². The van der Waals surface area contributed by atoms with E-state index in [1.165, 1.54) is 6.42 Å². The first-order valence-electron chi connectivity index (χ1n) is 8.15. The van der Waals surface area contributed by atoms with E-state index in [2.05, 4.69) is 15.3 Å². The van der Waals surface area contributed by atoms with E-state index < -0.39 is 0 Å². The minimum atomic E-state index is 0.0671. The fourth-order valence-electron chi connectivity index (χ4n) is 2.86.